The molecule has 6 N–H and O–H groups in total. The number of aliphatic hydroxyl groups excluding tert-OH is 2. The molecule has 22 nitrogen and oxygen atoms in total. The van der Waals surface area contributed by atoms with Gasteiger partial charge in [-0.1, -0.05) is 38.9 Å². The SMILES string of the molecule is CC[C@H]1OC(=O)[C@H](C)[C@@H](O[C@H]2C[C@@](C)(OC)[C@@H](OC(=O)CCNCCCc3ccc4c(c3)c(=O)c(C(=O)O)cn4N(C)C)[C@H](C)O2)[C@H](C)[C@@H](O[C@@H]2O[C@H](C)C[C@H](N(C)C)[C@H]2O)[C@](C)(O)C[C@@H](C)/C(=N\OC)[C@H](C)[C@@H](O)[C@]1(C)O. The highest BCUT2D eigenvalue weighted by Gasteiger charge is 2.54. The molecule has 0 amide bonds. The summed E-state index contributed by atoms with van der Waals surface area (Å²) in [4.78, 5) is 60.1. The second kappa shape index (κ2) is 27.0. The van der Waals surface area contributed by atoms with Crippen molar-refractivity contribution in [1.82, 2.24) is 14.9 Å². The topological polar surface area (TPSA) is 279 Å². The number of aromatic carboxylic acids is 1. The van der Waals surface area contributed by atoms with E-state index in [1.54, 1.807) is 84.4 Å². The molecule has 1 aromatic heterocycles. The van der Waals surface area contributed by atoms with Crippen LogP contribution in [0.5, 0.6) is 0 Å². The van der Waals surface area contributed by atoms with E-state index < -0.39 is 119 Å². The number of aryl methyl sites for hydroxylation is 1. The highest BCUT2D eigenvalue weighted by Crippen LogP contribution is 2.42. The quantitative estimate of drug-likeness (QED) is 0.0707. The van der Waals surface area contributed by atoms with Gasteiger partial charge in [0, 0.05) is 69.5 Å². The van der Waals surface area contributed by atoms with Crippen LogP contribution in [0.3, 0.4) is 0 Å². The maximum Gasteiger partial charge on any atom is 0.341 e. The minimum atomic E-state index is -1.98. The molecule has 3 fully saturated rings. The molecule has 2 aromatic rings. The molecule has 3 saturated heterocycles. The molecule has 0 radical (unpaired) electrons. The Morgan fingerprint density at radius 3 is 2.21 bits per heavy atom. The number of carboxylic acids is 1. The van der Waals surface area contributed by atoms with Crippen molar-refractivity contribution in [1.29, 1.82) is 0 Å². The van der Waals surface area contributed by atoms with E-state index in [-0.39, 0.29) is 43.4 Å². The van der Waals surface area contributed by atoms with Crippen molar-refractivity contribution < 1.29 is 77.9 Å². The summed E-state index contributed by atoms with van der Waals surface area (Å²) in [7, 11) is 10.1. The Kier molecular flexibility index (Phi) is 22.3. The Labute approximate surface area is 459 Å². The second-order valence-electron chi connectivity index (χ2n) is 23.1. The van der Waals surface area contributed by atoms with E-state index in [0.29, 0.717) is 49.0 Å². The minimum absolute atomic E-state index is 0.0169. The van der Waals surface area contributed by atoms with Crippen molar-refractivity contribution in [2.45, 2.75) is 198 Å². The zero-order valence-electron chi connectivity index (χ0n) is 48.8. The third kappa shape index (κ3) is 14.8. The van der Waals surface area contributed by atoms with Gasteiger partial charge in [-0.3, -0.25) is 19.1 Å². The summed E-state index contributed by atoms with van der Waals surface area (Å²) >= 11 is 0. The number of esters is 2. The first-order chi connectivity index (χ1) is 36.4. The smallest absolute Gasteiger partial charge is 0.341 e. The highest BCUT2D eigenvalue weighted by molar-refractivity contribution is 5.93. The molecule has 442 valence electrons. The van der Waals surface area contributed by atoms with Gasteiger partial charge in [-0.25, -0.2) is 4.79 Å². The van der Waals surface area contributed by atoms with Crippen molar-refractivity contribution in [3.8, 4) is 0 Å². The number of aliphatic hydroxyl groups is 4. The summed E-state index contributed by atoms with van der Waals surface area (Å²) in [6.45, 7) is 17.8. The summed E-state index contributed by atoms with van der Waals surface area (Å²) in [6.07, 6.45) is -7.38. The van der Waals surface area contributed by atoms with E-state index in [4.69, 9.17) is 38.0 Å². The lowest BCUT2D eigenvalue weighted by molar-refractivity contribution is -0.318. The van der Waals surface area contributed by atoms with E-state index in [0.717, 1.165) is 5.56 Å². The van der Waals surface area contributed by atoms with Crippen molar-refractivity contribution >= 4 is 34.5 Å². The third-order valence-corrected chi connectivity index (χ3v) is 16.3. The van der Waals surface area contributed by atoms with Crippen LogP contribution in [0.2, 0.25) is 0 Å². The number of hydrogen-bond acceptors (Lipinski definition) is 20. The maximum atomic E-state index is 14.6. The number of aromatic nitrogens is 1. The van der Waals surface area contributed by atoms with Crippen molar-refractivity contribution in [3.63, 3.8) is 0 Å². The highest BCUT2D eigenvalue weighted by atomic mass is 16.7. The zero-order valence-corrected chi connectivity index (χ0v) is 48.8. The summed E-state index contributed by atoms with van der Waals surface area (Å²) in [6, 6.07) is 5.07. The van der Waals surface area contributed by atoms with Crippen molar-refractivity contribution in [3.05, 3.63) is 45.7 Å². The Balaban J connectivity index is 1.36. The lowest BCUT2D eigenvalue weighted by atomic mass is 9.73. The van der Waals surface area contributed by atoms with Gasteiger partial charge in [-0.15, -0.1) is 0 Å². The number of ether oxygens (including phenoxy) is 7. The van der Waals surface area contributed by atoms with Gasteiger partial charge in [0.15, 0.2) is 18.7 Å². The van der Waals surface area contributed by atoms with Gasteiger partial charge in [0.2, 0.25) is 5.43 Å². The van der Waals surface area contributed by atoms with Crippen LogP contribution < -0.4 is 15.8 Å². The minimum Gasteiger partial charge on any atom is -0.477 e. The number of pyridine rings is 1. The lowest BCUT2D eigenvalue weighted by Gasteiger charge is -2.49. The number of carboxylic acid groups (broad SMARTS) is 1. The fourth-order valence-electron chi connectivity index (χ4n) is 11.8. The third-order valence-electron chi connectivity index (χ3n) is 16.3. The molecule has 22 heteroatoms. The number of rotatable bonds is 18. The fourth-order valence-corrected chi connectivity index (χ4v) is 11.8. The molecule has 78 heavy (non-hydrogen) atoms. The van der Waals surface area contributed by atoms with Crippen molar-refractivity contribution in [2.24, 2.45) is 28.8 Å². The van der Waals surface area contributed by atoms with Crippen LogP contribution in [-0.2, 0) is 54.0 Å². The number of methoxy groups -OCH3 is 1. The molecule has 5 rings (SSSR count). The maximum absolute atomic E-state index is 14.6. The number of carbonyl (C=O) groups excluding carboxylic acids is 2. The van der Waals surface area contributed by atoms with Crippen LogP contribution in [0.15, 0.2) is 34.3 Å². The Bertz CT molecular complexity index is 2430. The Morgan fingerprint density at radius 1 is 0.923 bits per heavy atom. The van der Waals surface area contributed by atoms with E-state index >= 15 is 0 Å². The van der Waals surface area contributed by atoms with Gasteiger partial charge < -0.3 is 78.8 Å². The van der Waals surface area contributed by atoms with Crippen LogP contribution in [0, 0.1) is 23.7 Å². The Morgan fingerprint density at radius 2 is 1.60 bits per heavy atom. The number of nitrogens with one attached hydrogen (secondary N) is 1. The van der Waals surface area contributed by atoms with E-state index in [1.807, 2.05) is 38.9 Å². The molecule has 3 aliphatic rings. The predicted molar refractivity (Wildman–Crippen MR) is 291 cm³/mol. The van der Waals surface area contributed by atoms with Gasteiger partial charge >= 0.3 is 17.9 Å². The van der Waals surface area contributed by atoms with Gasteiger partial charge in [0.1, 0.15) is 36.1 Å². The molecule has 0 aliphatic carbocycles. The normalized spacial score (nSPS) is 37.0. The standard InChI is InChI=1S/C56H91N5O17/c1-17-41-56(10,70)48(65)32(4)44(58-72-16)30(2)27-54(8,69)49(78-53-46(64)40(59(11)12)25-31(3)73-53)33(5)47(34(6)52(68)75-41)77-43-28-55(9,71-15)50(35(7)74-43)76-42(62)22-24-57-23-18-19-36-20-21-39-37(26-36)45(63)38(51(66)67)29-61(39)60(13)14/h20-21,26,29-35,40-41,43,46-50,53,57,64-65,69-70H,17-19,22-25,27-28H2,1-16H3,(H,66,67)/b58-44+/t30-,31-,32+,33+,34-,35+,40+,41-,43+,46-,47+,48-,49-,50+,53+,54-,55-,56-/m1/s1. The number of fused-ring (bicyclic) bond motifs is 1. The molecule has 0 spiro atoms. The average Bonchev–Trinajstić information content (AvgIpc) is 3.44. The molecule has 0 unspecified atom stereocenters. The van der Waals surface area contributed by atoms with Crippen LogP contribution in [-0.4, -0.2) is 198 Å². The number of carbonyl (C=O) groups is 3. The first kappa shape index (κ1) is 64.5. The van der Waals surface area contributed by atoms with Crippen LogP contribution in [0.1, 0.15) is 124 Å². The fraction of sp³-hybridized carbons (Fsp3) is 0.768. The zero-order chi connectivity index (χ0) is 58.4. The van der Waals surface area contributed by atoms with Crippen LogP contribution in [0.4, 0.5) is 0 Å². The molecule has 3 aliphatic heterocycles. The summed E-state index contributed by atoms with van der Waals surface area (Å²) in [5.74, 6) is -6.05. The van der Waals surface area contributed by atoms with Gasteiger partial charge in [-0.05, 0) is 112 Å². The number of hydrogen-bond donors (Lipinski definition) is 6. The summed E-state index contributed by atoms with van der Waals surface area (Å²) < 4.78 is 46.4. The Hall–Kier alpha value is -4.33. The lowest BCUT2D eigenvalue weighted by Crippen LogP contribution is -2.61. The van der Waals surface area contributed by atoms with Gasteiger partial charge in [0.25, 0.3) is 0 Å². The first-order valence-corrected chi connectivity index (χ1v) is 27.4. The van der Waals surface area contributed by atoms with Crippen LogP contribution in [0.25, 0.3) is 10.9 Å². The first-order valence-electron chi connectivity index (χ1n) is 27.4. The second-order valence-corrected chi connectivity index (χ2v) is 23.1. The number of cyclic esters (lactones) is 1. The molecular formula is C56H91N5O17. The largest absolute Gasteiger partial charge is 0.477 e. The van der Waals surface area contributed by atoms with E-state index in [9.17, 15) is 44.7 Å². The van der Waals surface area contributed by atoms with Gasteiger partial charge in [-0.2, -0.15) is 0 Å². The van der Waals surface area contributed by atoms with Gasteiger partial charge in [0.05, 0.1) is 59.7 Å². The van der Waals surface area contributed by atoms with Crippen molar-refractivity contribution in [2.75, 3.05) is 60.5 Å². The molecular weight excluding hydrogens is 1010 g/mol. The number of likely N-dealkylation sites (N-methyl/N-ethyl adjacent to an activating group) is 1. The molecule has 18 atom stereocenters. The summed E-state index contributed by atoms with van der Waals surface area (Å²) in [5, 5.41) is 67.7. The molecule has 4 heterocycles. The number of nitrogens with zero attached hydrogens (tertiary/aromatic N) is 4. The number of benzene rings is 1. The van der Waals surface area contributed by atoms with Crippen LogP contribution >= 0.6 is 0 Å². The average molecular weight is 1110 g/mol. The van der Waals surface area contributed by atoms with E-state index in [2.05, 4.69) is 10.5 Å². The summed E-state index contributed by atoms with van der Waals surface area (Å²) in [5.41, 5.74) is -4.03. The number of oxime groups is 1. The monoisotopic (exact) mass is 1110 g/mol. The van der Waals surface area contributed by atoms with E-state index in [1.165, 1.54) is 27.3 Å². The molecule has 0 bridgehead atoms. The molecule has 0 saturated carbocycles. The predicted octanol–water partition coefficient (Wildman–Crippen LogP) is 3.59. The molecule has 1 aromatic carbocycles.